The lowest BCUT2D eigenvalue weighted by molar-refractivity contribution is -0.135. The van der Waals surface area contributed by atoms with Crippen LogP contribution in [0.5, 0.6) is 0 Å². The highest BCUT2D eigenvalue weighted by molar-refractivity contribution is 5.80. The van der Waals surface area contributed by atoms with Gasteiger partial charge in [-0.1, -0.05) is 30.3 Å². The highest BCUT2D eigenvalue weighted by Gasteiger charge is 2.48. The molecule has 0 radical (unpaired) electrons. The zero-order valence-electron chi connectivity index (χ0n) is 13.7. The lowest BCUT2D eigenvalue weighted by atomic mass is 9.80. The predicted octanol–water partition coefficient (Wildman–Crippen LogP) is 0.488. The van der Waals surface area contributed by atoms with E-state index < -0.39 is 35.4 Å². The average Bonchev–Trinajstić information content (AvgIpc) is 2.95. The molecule has 1 unspecified atom stereocenters. The molecule has 0 bridgehead atoms. The number of carbonyl (C=O) groups is 2. The first-order valence-corrected chi connectivity index (χ1v) is 8.35. The molecule has 0 aromatic heterocycles. The Balaban J connectivity index is 1.95. The molecule has 1 aliphatic carbocycles. The summed E-state index contributed by atoms with van der Waals surface area (Å²) in [5, 5.41) is 21.0. The Morgan fingerprint density at radius 3 is 2.46 bits per heavy atom. The summed E-state index contributed by atoms with van der Waals surface area (Å²) in [6.07, 6.45) is 1.35. The first kappa shape index (κ1) is 18.4. The Morgan fingerprint density at radius 1 is 1.25 bits per heavy atom. The zero-order valence-corrected chi connectivity index (χ0v) is 13.7. The van der Waals surface area contributed by atoms with E-state index >= 15 is 0 Å². The number of aliphatic hydroxyl groups excluding tert-OH is 1. The number of benzene rings is 1. The number of primary amides is 2. The van der Waals surface area contributed by atoms with Crippen molar-refractivity contribution in [1.82, 2.24) is 0 Å². The second-order valence-electron chi connectivity index (χ2n) is 6.81. The molecule has 0 aliphatic heterocycles. The third-order valence-corrected chi connectivity index (χ3v) is 5.04. The summed E-state index contributed by atoms with van der Waals surface area (Å²) in [5.41, 5.74) is 10.5. The molecule has 132 valence electrons. The Bertz CT molecular complexity index is 578. The number of hydrogen-bond acceptors (Lipinski definition) is 4. The molecule has 2 amide bonds. The van der Waals surface area contributed by atoms with Gasteiger partial charge in [-0.05, 0) is 44.1 Å². The van der Waals surface area contributed by atoms with Crippen LogP contribution in [-0.4, -0.2) is 33.7 Å². The minimum absolute atomic E-state index is 0.0874. The maximum absolute atomic E-state index is 11.8. The average molecular weight is 334 g/mol. The Kier molecular flexibility index (Phi) is 5.96. The maximum Gasteiger partial charge on any atom is 0.223 e. The van der Waals surface area contributed by atoms with Gasteiger partial charge in [0.25, 0.3) is 0 Å². The monoisotopic (exact) mass is 334 g/mol. The van der Waals surface area contributed by atoms with Gasteiger partial charge >= 0.3 is 0 Å². The van der Waals surface area contributed by atoms with Crippen LogP contribution in [-0.2, 0) is 16.0 Å². The zero-order chi connectivity index (χ0) is 17.7. The van der Waals surface area contributed by atoms with E-state index in [1.54, 1.807) is 0 Å². The summed E-state index contributed by atoms with van der Waals surface area (Å²) in [5.74, 6) is -2.45. The van der Waals surface area contributed by atoms with Crippen LogP contribution in [0.25, 0.3) is 0 Å². The molecule has 6 heteroatoms. The fraction of sp³-hybridized carbons (Fsp3) is 0.556. The highest BCUT2D eigenvalue weighted by Crippen LogP contribution is 2.41. The van der Waals surface area contributed by atoms with Crippen molar-refractivity contribution < 1.29 is 19.8 Å². The normalized spacial score (nSPS) is 26.0. The van der Waals surface area contributed by atoms with Crippen molar-refractivity contribution in [2.24, 2.45) is 23.3 Å². The lowest BCUT2D eigenvalue weighted by Gasteiger charge is -2.32. The van der Waals surface area contributed by atoms with Crippen molar-refractivity contribution in [2.75, 3.05) is 0 Å². The highest BCUT2D eigenvalue weighted by atomic mass is 16.3. The summed E-state index contributed by atoms with van der Waals surface area (Å²) in [7, 11) is 0. The summed E-state index contributed by atoms with van der Waals surface area (Å²) in [6, 6.07) is 9.73. The molecule has 6 N–H and O–H groups in total. The fourth-order valence-corrected chi connectivity index (χ4v) is 3.58. The first-order valence-electron chi connectivity index (χ1n) is 8.35. The molecule has 6 nitrogen and oxygen atoms in total. The fourth-order valence-electron chi connectivity index (χ4n) is 3.58. The SMILES string of the molecule is NC(=O)C1CC[C@@](O)([C@H](C[C@@H](O)CCc2ccccc2)C(N)=O)C1. The summed E-state index contributed by atoms with van der Waals surface area (Å²) < 4.78 is 0. The van der Waals surface area contributed by atoms with E-state index in [0.717, 1.165) is 5.56 Å². The van der Waals surface area contributed by atoms with Gasteiger partial charge in [-0.2, -0.15) is 0 Å². The van der Waals surface area contributed by atoms with Crippen molar-refractivity contribution in [1.29, 1.82) is 0 Å². The summed E-state index contributed by atoms with van der Waals surface area (Å²) >= 11 is 0. The van der Waals surface area contributed by atoms with E-state index in [-0.39, 0.29) is 12.8 Å². The van der Waals surface area contributed by atoms with Crippen LogP contribution >= 0.6 is 0 Å². The predicted molar refractivity (Wildman–Crippen MR) is 89.6 cm³/mol. The standard InChI is InChI=1S/C18H26N2O4/c19-16(22)13-8-9-18(24,11-13)15(17(20)23)10-14(21)7-6-12-4-2-1-3-5-12/h1-5,13-15,21,24H,6-11H2,(H2,19,22)(H2,20,23)/t13?,14-,15+,18-/m0/s1. The molecular weight excluding hydrogens is 308 g/mol. The maximum atomic E-state index is 11.8. The third kappa shape index (κ3) is 4.55. The molecule has 24 heavy (non-hydrogen) atoms. The van der Waals surface area contributed by atoms with Crippen molar-refractivity contribution in [3.63, 3.8) is 0 Å². The molecule has 1 aliphatic rings. The Morgan fingerprint density at radius 2 is 1.92 bits per heavy atom. The second-order valence-corrected chi connectivity index (χ2v) is 6.81. The van der Waals surface area contributed by atoms with Crippen LogP contribution in [0.2, 0.25) is 0 Å². The largest absolute Gasteiger partial charge is 0.393 e. The number of aryl methyl sites for hydroxylation is 1. The molecule has 4 atom stereocenters. The summed E-state index contributed by atoms with van der Waals surface area (Å²) in [4.78, 5) is 23.1. The van der Waals surface area contributed by atoms with E-state index in [1.807, 2.05) is 30.3 Å². The van der Waals surface area contributed by atoms with E-state index in [4.69, 9.17) is 11.5 Å². The molecule has 2 rings (SSSR count). The topological polar surface area (TPSA) is 127 Å². The third-order valence-electron chi connectivity index (χ3n) is 5.04. The van der Waals surface area contributed by atoms with Gasteiger partial charge in [-0.3, -0.25) is 9.59 Å². The van der Waals surface area contributed by atoms with Gasteiger partial charge in [0.15, 0.2) is 0 Å². The van der Waals surface area contributed by atoms with Gasteiger partial charge in [0, 0.05) is 5.92 Å². The smallest absolute Gasteiger partial charge is 0.223 e. The number of nitrogens with two attached hydrogens (primary N) is 2. The van der Waals surface area contributed by atoms with Crippen LogP contribution in [0.4, 0.5) is 0 Å². The molecule has 1 fully saturated rings. The molecule has 1 aromatic carbocycles. The number of hydrogen-bond donors (Lipinski definition) is 4. The number of rotatable bonds is 8. The van der Waals surface area contributed by atoms with Crippen LogP contribution < -0.4 is 11.5 Å². The molecule has 1 saturated carbocycles. The molecular formula is C18H26N2O4. The van der Waals surface area contributed by atoms with Gasteiger partial charge in [0.2, 0.25) is 11.8 Å². The van der Waals surface area contributed by atoms with E-state index in [9.17, 15) is 19.8 Å². The van der Waals surface area contributed by atoms with Gasteiger partial charge in [-0.25, -0.2) is 0 Å². The number of aliphatic hydroxyl groups is 2. The molecule has 0 saturated heterocycles. The Hall–Kier alpha value is -1.92. The molecule has 1 aromatic rings. The van der Waals surface area contributed by atoms with E-state index in [1.165, 1.54) is 0 Å². The second kappa shape index (κ2) is 7.77. The van der Waals surface area contributed by atoms with Gasteiger partial charge in [0.1, 0.15) is 0 Å². The number of amides is 2. The number of carbonyl (C=O) groups excluding carboxylic acids is 2. The van der Waals surface area contributed by atoms with Crippen molar-refractivity contribution in [2.45, 2.75) is 50.2 Å². The van der Waals surface area contributed by atoms with Crippen molar-refractivity contribution >= 4 is 11.8 Å². The van der Waals surface area contributed by atoms with Crippen molar-refractivity contribution in [3.8, 4) is 0 Å². The van der Waals surface area contributed by atoms with Gasteiger partial charge < -0.3 is 21.7 Å². The van der Waals surface area contributed by atoms with Crippen LogP contribution in [0.3, 0.4) is 0 Å². The van der Waals surface area contributed by atoms with Gasteiger partial charge in [-0.15, -0.1) is 0 Å². The molecule has 0 spiro atoms. The lowest BCUT2D eigenvalue weighted by Crippen LogP contribution is -2.45. The minimum Gasteiger partial charge on any atom is -0.393 e. The van der Waals surface area contributed by atoms with E-state index in [0.29, 0.717) is 25.7 Å². The first-order chi connectivity index (χ1) is 11.3. The van der Waals surface area contributed by atoms with E-state index in [2.05, 4.69) is 0 Å². The van der Waals surface area contributed by atoms with Crippen molar-refractivity contribution in [3.05, 3.63) is 35.9 Å². The quantitative estimate of drug-likeness (QED) is 0.551. The Labute approximate surface area is 141 Å². The summed E-state index contributed by atoms with van der Waals surface area (Å²) in [6.45, 7) is 0. The van der Waals surface area contributed by atoms with Gasteiger partial charge in [0.05, 0.1) is 17.6 Å². The van der Waals surface area contributed by atoms with Crippen LogP contribution in [0.15, 0.2) is 30.3 Å². The molecule has 0 heterocycles. The van der Waals surface area contributed by atoms with Crippen LogP contribution in [0, 0.1) is 11.8 Å². The minimum atomic E-state index is -1.36. The van der Waals surface area contributed by atoms with Crippen LogP contribution in [0.1, 0.15) is 37.7 Å².